The molecule has 0 aromatic carbocycles. The largest absolute Gasteiger partial charge is 0.385 e. The van der Waals surface area contributed by atoms with Crippen LogP contribution in [-0.2, 0) is 9.53 Å². The van der Waals surface area contributed by atoms with Crippen LogP contribution in [-0.4, -0.2) is 29.7 Å². The first-order chi connectivity index (χ1) is 6.30. The van der Waals surface area contributed by atoms with E-state index in [0.717, 1.165) is 0 Å². The van der Waals surface area contributed by atoms with Crippen LogP contribution in [0.5, 0.6) is 0 Å². The predicted octanol–water partition coefficient (Wildman–Crippen LogP) is 1.78. The Balaban J connectivity index is 3.97. The Hall–Kier alpha value is -0.410. The van der Waals surface area contributed by atoms with Crippen molar-refractivity contribution < 1.29 is 14.6 Å². The third kappa shape index (κ3) is 4.72. The summed E-state index contributed by atoms with van der Waals surface area (Å²) in [6.07, 6.45) is 0.189. The molecule has 0 amide bonds. The lowest BCUT2D eigenvalue weighted by atomic mass is 9.95. The quantitative estimate of drug-likeness (QED) is 0.714. The topological polar surface area (TPSA) is 46.5 Å². The Bertz CT molecular complexity index is 185. The smallest absolute Gasteiger partial charge is 0.161 e. The minimum atomic E-state index is -0.831. The van der Waals surface area contributed by atoms with E-state index in [1.165, 1.54) is 0 Å². The zero-order valence-corrected chi connectivity index (χ0v) is 9.83. The summed E-state index contributed by atoms with van der Waals surface area (Å²) in [5.41, 5.74) is -0.285. The molecular formula is C11H22O3. The molecule has 0 heterocycles. The van der Waals surface area contributed by atoms with Gasteiger partial charge >= 0.3 is 0 Å². The van der Waals surface area contributed by atoms with Crippen LogP contribution in [0.4, 0.5) is 0 Å². The van der Waals surface area contributed by atoms with Crippen molar-refractivity contribution in [2.24, 2.45) is 5.92 Å². The second-order valence-corrected chi connectivity index (χ2v) is 4.62. The molecule has 0 bridgehead atoms. The van der Waals surface area contributed by atoms with Gasteiger partial charge in [0.1, 0.15) is 6.10 Å². The zero-order valence-electron chi connectivity index (χ0n) is 9.83. The third-order valence-corrected chi connectivity index (χ3v) is 2.49. The maximum absolute atomic E-state index is 11.4. The number of carbonyl (C=O) groups is 1. The number of hydrogen-bond donors (Lipinski definition) is 1. The molecule has 0 rings (SSSR count). The maximum atomic E-state index is 11.4. The van der Waals surface area contributed by atoms with Gasteiger partial charge in [0, 0.05) is 13.5 Å². The number of rotatable bonds is 6. The van der Waals surface area contributed by atoms with E-state index in [1.54, 1.807) is 7.11 Å². The first-order valence-corrected chi connectivity index (χ1v) is 5.06. The summed E-state index contributed by atoms with van der Waals surface area (Å²) in [4.78, 5) is 11.4. The molecule has 1 unspecified atom stereocenters. The molecule has 0 fully saturated rings. The second-order valence-electron chi connectivity index (χ2n) is 4.62. The minimum Gasteiger partial charge on any atom is -0.385 e. The Morgan fingerprint density at radius 1 is 1.43 bits per heavy atom. The van der Waals surface area contributed by atoms with Crippen molar-refractivity contribution in [3.8, 4) is 0 Å². The molecule has 3 nitrogen and oxygen atoms in total. The van der Waals surface area contributed by atoms with E-state index in [0.29, 0.717) is 12.8 Å². The molecule has 0 saturated heterocycles. The van der Waals surface area contributed by atoms with Crippen LogP contribution < -0.4 is 0 Å². The lowest BCUT2D eigenvalue weighted by molar-refractivity contribution is -0.130. The summed E-state index contributed by atoms with van der Waals surface area (Å²) in [7, 11) is 1.63. The van der Waals surface area contributed by atoms with E-state index in [4.69, 9.17) is 4.74 Å². The molecular weight excluding hydrogens is 180 g/mol. The van der Waals surface area contributed by atoms with E-state index >= 15 is 0 Å². The fourth-order valence-electron chi connectivity index (χ4n) is 1.05. The minimum absolute atomic E-state index is 0.00634. The number of Topliss-reactive ketones (excluding diaryl/α,β-unsaturated/α-hetero) is 1. The number of ether oxygens (including phenoxy) is 1. The van der Waals surface area contributed by atoms with Gasteiger partial charge in [0.05, 0.1) is 5.60 Å². The standard InChI is InChI=1S/C11H22O3/c1-8(2)10(13)9(12)6-7-11(3,4)14-5/h8,10,13H,6-7H2,1-5H3. The van der Waals surface area contributed by atoms with Gasteiger partial charge < -0.3 is 9.84 Å². The van der Waals surface area contributed by atoms with Gasteiger partial charge in [0.15, 0.2) is 5.78 Å². The van der Waals surface area contributed by atoms with Crippen molar-refractivity contribution in [1.29, 1.82) is 0 Å². The van der Waals surface area contributed by atoms with Gasteiger partial charge in [0.25, 0.3) is 0 Å². The van der Waals surface area contributed by atoms with E-state index in [9.17, 15) is 9.90 Å². The van der Waals surface area contributed by atoms with Gasteiger partial charge in [-0.05, 0) is 26.2 Å². The van der Waals surface area contributed by atoms with E-state index in [-0.39, 0.29) is 17.3 Å². The van der Waals surface area contributed by atoms with Crippen molar-refractivity contribution in [3.05, 3.63) is 0 Å². The van der Waals surface area contributed by atoms with Crippen molar-refractivity contribution in [2.45, 2.75) is 52.2 Å². The van der Waals surface area contributed by atoms with Crippen molar-refractivity contribution in [2.75, 3.05) is 7.11 Å². The molecule has 84 valence electrons. The molecule has 0 spiro atoms. The Kier molecular flexibility index (Phi) is 5.31. The average Bonchev–Trinajstić information content (AvgIpc) is 2.13. The molecule has 14 heavy (non-hydrogen) atoms. The summed E-state index contributed by atoms with van der Waals surface area (Å²) in [5.74, 6) is -0.0988. The lowest BCUT2D eigenvalue weighted by Gasteiger charge is -2.23. The molecule has 1 N–H and O–H groups in total. The highest BCUT2D eigenvalue weighted by Crippen LogP contribution is 2.17. The number of aliphatic hydroxyl groups excluding tert-OH is 1. The van der Waals surface area contributed by atoms with Gasteiger partial charge in [-0.1, -0.05) is 13.8 Å². The first-order valence-electron chi connectivity index (χ1n) is 5.06. The Morgan fingerprint density at radius 3 is 2.29 bits per heavy atom. The molecule has 3 heteroatoms. The van der Waals surface area contributed by atoms with Crippen LogP contribution in [0.25, 0.3) is 0 Å². The van der Waals surface area contributed by atoms with Gasteiger partial charge in [0.2, 0.25) is 0 Å². The van der Waals surface area contributed by atoms with Crippen LogP contribution >= 0.6 is 0 Å². The van der Waals surface area contributed by atoms with Crippen LogP contribution in [0.1, 0.15) is 40.5 Å². The summed E-state index contributed by atoms with van der Waals surface area (Å²) in [6, 6.07) is 0. The molecule has 0 aliphatic rings. The van der Waals surface area contributed by atoms with Crippen LogP contribution in [0.3, 0.4) is 0 Å². The first kappa shape index (κ1) is 13.6. The molecule has 0 aromatic rings. The Morgan fingerprint density at radius 2 is 1.93 bits per heavy atom. The van der Waals surface area contributed by atoms with Gasteiger partial charge in [-0.2, -0.15) is 0 Å². The zero-order chi connectivity index (χ0) is 11.4. The number of ketones is 1. The van der Waals surface area contributed by atoms with E-state index in [2.05, 4.69) is 0 Å². The SMILES string of the molecule is COC(C)(C)CCC(=O)C(O)C(C)C. The highest BCUT2D eigenvalue weighted by molar-refractivity contribution is 5.83. The van der Waals surface area contributed by atoms with Crippen molar-refractivity contribution in [1.82, 2.24) is 0 Å². The number of carbonyl (C=O) groups excluding carboxylic acids is 1. The molecule has 0 aromatic heterocycles. The molecule has 1 atom stereocenters. The number of hydrogen-bond acceptors (Lipinski definition) is 3. The highest BCUT2D eigenvalue weighted by atomic mass is 16.5. The van der Waals surface area contributed by atoms with Crippen molar-refractivity contribution >= 4 is 5.78 Å². The van der Waals surface area contributed by atoms with E-state index < -0.39 is 6.10 Å². The number of aliphatic hydroxyl groups is 1. The summed E-state index contributed by atoms with van der Waals surface area (Å²) in [6.45, 7) is 7.54. The fourth-order valence-corrected chi connectivity index (χ4v) is 1.05. The molecule has 0 radical (unpaired) electrons. The van der Waals surface area contributed by atoms with E-state index in [1.807, 2.05) is 27.7 Å². The predicted molar refractivity (Wildman–Crippen MR) is 56.2 cm³/mol. The van der Waals surface area contributed by atoms with Gasteiger partial charge in [-0.15, -0.1) is 0 Å². The average molecular weight is 202 g/mol. The summed E-state index contributed by atoms with van der Waals surface area (Å²) >= 11 is 0. The molecule has 0 saturated carbocycles. The van der Waals surface area contributed by atoms with Crippen molar-refractivity contribution in [3.63, 3.8) is 0 Å². The fraction of sp³-hybridized carbons (Fsp3) is 0.909. The summed E-state index contributed by atoms with van der Waals surface area (Å²) < 4.78 is 5.19. The van der Waals surface area contributed by atoms with Crippen LogP contribution in [0, 0.1) is 5.92 Å². The highest BCUT2D eigenvalue weighted by Gasteiger charge is 2.23. The van der Waals surface area contributed by atoms with Gasteiger partial charge in [-0.25, -0.2) is 0 Å². The van der Waals surface area contributed by atoms with Gasteiger partial charge in [-0.3, -0.25) is 4.79 Å². The Labute approximate surface area is 86.5 Å². The maximum Gasteiger partial charge on any atom is 0.161 e. The molecule has 0 aliphatic heterocycles. The summed E-state index contributed by atoms with van der Waals surface area (Å²) in [5, 5.41) is 9.47. The number of methoxy groups -OCH3 is 1. The molecule has 0 aliphatic carbocycles. The third-order valence-electron chi connectivity index (χ3n) is 2.49. The van der Waals surface area contributed by atoms with Crippen LogP contribution in [0.15, 0.2) is 0 Å². The normalized spacial score (nSPS) is 14.5. The monoisotopic (exact) mass is 202 g/mol. The second kappa shape index (κ2) is 5.47. The lowest BCUT2D eigenvalue weighted by Crippen LogP contribution is -2.29. The van der Waals surface area contributed by atoms with Crippen LogP contribution in [0.2, 0.25) is 0 Å².